The van der Waals surface area contributed by atoms with Crippen molar-refractivity contribution in [2.75, 3.05) is 19.7 Å². The van der Waals surface area contributed by atoms with Crippen LogP contribution in [0.3, 0.4) is 0 Å². The van der Waals surface area contributed by atoms with Gasteiger partial charge in [0.2, 0.25) is 0 Å². The normalized spacial score (nSPS) is 15.3. The minimum absolute atomic E-state index is 0.00618. The average Bonchev–Trinajstić information content (AvgIpc) is 3.05. The Morgan fingerprint density at radius 2 is 1.53 bits per heavy atom. The lowest BCUT2D eigenvalue weighted by Crippen LogP contribution is -2.49. The third-order valence-corrected chi connectivity index (χ3v) is 5.76. The summed E-state index contributed by atoms with van der Waals surface area (Å²) in [7, 11) is 0. The van der Waals surface area contributed by atoms with Gasteiger partial charge in [0.15, 0.2) is 0 Å². The zero-order valence-corrected chi connectivity index (χ0v) is 16.1. The summed E-state index contributed by atoms with van der Waals surface area (Å²) in [6.45, 7) is 1.21. The summed E-state index contributed by atoms with van der Waals surface area (Å²) in [6, 6.07) is 16.4. The zero-order valence-electron chi connectivity index (χ0n) is 16.1. The van der Waals surface area contributed by atoms with Crippen molar-refractivity contribution < 1.29 is 19.4 Å². The molecule has 5 rings (SSSR count). The summed E-state index contributed by atoms with van der Waals surface area (Å²) >= 11 is 0. The molecule has 7 heteroatoms. The Morgan fingerprint density at radius 3 is 2.10 bits per heavy atom. The van der Waals surface area contributed by atoms with Crippen LogP contribution in [0.15, 0.2) is 60.9 Å². The Morgan fingerprint density at radius 1 is 0.967 bits per heavy atom. The number of hydrogen-bond donors (Lipinski definition) is 1. The van der Waals surface area contributed by atoms with Gasteiger partial charge < -0.3 is 14.7 Å². The molecular formula is C23H19N3O4. The predicted octanol–water partition coefficient (Wildman–Crippen LogP) is 3.52. The van der Waals surface area contributed by atoms with Crippen LogP contribution in [-0.4, -0.2) is 51.7 Å². The van der Waals surface area contributed by atoms with Crippen LogP contribution >= 0.6 is 0 Å². The van der Waals surface area contributed by atoms with Crippen molar-refractivity contribution in [3.05, 3.63) is 83.4 Å². The third kappa shape index (κ3) is 3.08. The van der Waals surface area contributed by atoms with E-state index in [1.165, 1.54) is 34.6 Å². The number of carbonyl (C=O) groups excluding carboxylic acids is 1. The van der Waals surface area contributed by atoms with Crippen LogP contribution in [0.1, 0.15) is 39.1 Å². The van der Waals surface area contributed by atoms with Crippen LogP contribution < -0.4 is 0 Å². The molecule has 0 unspecified atom stereocenters. The van der Waals surface area contributed by atoms with E-state index in [0.29, 0.717) is 18.9 Å². The van der Waals surface area contributed by atoms with Crippen LogP contribution in [0.25, 0.3) is 11.1 Å². The maximum absolute atomic E-state index is 12.5. The van der Waals surface area contributed by atoms with Gasteiger partial charge in [-0.1, -0.05) is 48.5 Å². The summed E-state index contributed by atoms with van der Waals surface area (Å²) in [5, 5.41) is 8.92. The lowest BCUT2D eigenvalue weighted by atomic mass is 9.98. The first kappa shape index (κ1) is 18.3. The van der Waals surface area contributed by atoms with Crippen molar-refractivity contribution in [2.45, 2.75) is 11.8 Å². The fourth-order valence-corrected chi connectivity index (χ4v) is 4.14. The number of benzene rings is 2. The van der Waals surface area contributed by atoms with Crippen molar-refractivity contribution in [3.8, 4) is 11.1 Å². The molecule has 1 aromatic heterocycles. The summed E-state index contributed by atoms with van der Waals surface area (Å²) < 4.78 is 5.65. The highest BCUT2D eigenvalue weighted by molar-refractivity contribution is 5.86. The Labute approximate surface area is 173 Å². The molecule has 0 spiro atoms. The van der Waals surface area contributed by atoms with Gasteiger partial charge in [0.1, 0.15) is 12.4 Å². The topological polar surface area (TPSA) is 92.6 Å². The predicted molar refractivity (Wildman–Crippen MR) is 108 cm³/mol. The van der Waals surface area contributed by atoms with Gasteiger partial charge >= 0.3 is 12.1 Å². The SMILES string of the molecule is O=C(O)c1cnc(C2CN(C(=O)OCC3c4ccccc4-c4ccccc43)C2)nc1. The molecule has 2 aromatic carbocycles. The molecule has 7 nitrogen and oxygen atoms in total. The summed E-state index contributed by atoms with van der Waals surface area (Å²) in [6.07, 6.45) is 2.23. The Kier molecular flexibility index (Phi) is 4.43. The number of carbonyl (C=O) groups is 2. The maximum Gasteiger partial charge on any atom is 0.409 e. The van der Waals surface area contributed by atoms with Crippen LogP contribution in [0.4, 0.5) is 4.79 Å². The van der Waals surface area contributed by atoms with Crippen LogP contribution in [0.5, 0.6) is 0 Å². The maximum atomic E-state index is 12.5. The number of ether oxygens (including phenoxy) is 1. The van der Waals surface area contributed by atoms with Crippen molar-refractivity contribution in [3.63, 3.8) is 0 Å². The molecule has 1 aliphatic carbocycles. The largest absolute Gasteiger partial charge is 0.478 e. The van der Waals surface area contributed by atoms with Crippen molar-refractivity contribution >= 4 is 12.1 Å². The van der Waals surface area contributed by atoms with E-state index < -0.39 is 5.97 Å². The highest BCUT2D eigenvalue weighted by atomic mass is 16.6. The van der Waals surface area contributed by atoms with Gasteiger partial charge in [0, 0.05) is 31.4 Å². The van der Waals surface area contributed by atoms with Crippen molar-refractivity contribution in [1.29, 1.82) is 0 Å². The van der Waals surface area contributed by atoms with Gasteiger partial charge in [-0.15, -0.1) is 0 Å². The first-order valence-corrected chi connectivity index (χ1v) is 9.77. The van der Waals surface area contributed by atoms with E-state index in [0.717, 1.165) is 0 Å². The number of likely N-dealkylation sites (tertiary alicyclic amines) is 1. The van der Waals surface area contributed by atoms with Crippen molar-refractivity contribution in [2.24, 2.45) is 0 Å². The van der Waals surface area contributed by atoms with Crippen LogP contribution in [0.2, 0.25) is 0 Å². The highest BCUT2D eigenvalue weighted by Crippen LogP contribution is 2.44. The van der Waals surface area contributed by atoms with E-state index in [1.54, 1.807) is 4.90 Å². The number of aromatic carboxylic acids is 1. The zero-order chi connectivity index (χ0) is 20.7. The van der Waals surface area contributed by atoms with E-state index in [2.05, 4.69) is 34.2 Å². The molecule has 0 atom stereocenters. The summed E-state index contributed by atoms with van der Waals surface area (Å²) in [4.78, 5) is 33.2. The molecule has 1 aliphatic heterocycles. The molecule has 2 heterocycles. The lowest BCUT2D eigenvalue weighted by molar-refractivity contribution is 0.0681. The van der Waals surface area contributed by atoms with E-state index >= 15 is 0 Å². The number of amides is 1. The number of rotatable bonds is 4. The van der Waals surface area contributed by atoms with Crippen LogP contribution in [0, 0.1) is 0 Å². The Hall–Kier alpha value is -3.74. The van der Waals surface area contributed by atoms with Crippen LogP contribution in [-0.2, 0) is 4.74 Å². The standard InChI is InChI=1S/C23H19N3O4/c27-22(28)14-9-24-21(25-10-14)15-11-26(12-15)23(29)30-13-20-18-7-3-1-5-16(18)17-6-2-4-8-19(17)20/h1-10,15,20H,11-13H2,(H,27,28). The number of nitrogens with zero attached hydrogens (tertiary/aromatic N) is 3. The average molecular weight is 401 g/mol. The number of aromatic nitrogens is 2. The molecule has 1 amide bonds. The molecule has 2 aliphatic rings. The number of fused-ring (bicyclic) bond motifs is 3. The summed E-state index contributed by atoms with van der Waals surface area (Å²) in [5.41, 5.74) is 4.80. The lowest BCUT2D eigenvalue weighted by Gasteiger charge is -2.37. The molecule has 1 saturated heterocycles. The highest BCUT2D eigenvalue weighted by Gasteiger charge is 2.36. The molecule has 150 valence electrons. The quantitative estimate of drug-likeness (QED) is 0.719. The third-order valence-electron chi connectivity index (χ3n) is 5.76. The van der Waals surface area contributed by atoms with Crippen molar-refractivity contribution in [1.82, 2.24) is 14.9 Å². The monoisotopic (exact) mass is 401 g/mol. The minimum Gasteiger partial charge on any atom is -0.478 e. The summed E-state index contributed by atoms with van der Waals surface area (Å²) in [5.74, 6) is -0.489. The molecule has 0 bridgehead atoms. The second kappa shape index (κ2) is 7.26. The number of carboxylic acid groups (broad SMARTS) is 1. The van der Waals surface area contributed by atoms with Gasteiger partial charge in [-0.2, -0.15) is 0 Å². The molecule has 30 heavy (non-hydrogen) atoms. The first-order chi connectivity index (χ1) is 14.6. The minimum atomic E-state index is -1.06. The molecule has 1 N–H and O–H groups in total. The van der Waals surface area contributed by atoms with Gasteiger partial charge in [-0.05, 0) is 22.3 Å². The Bertz CT molecular complexity index is 1080. The second-order valence-electron chi connectivity index (χ2n) is 7.54. The van der Waals surface area contributed by atoms with E-state index in [1.807, 2.05) is 24.3 Å². The molecule has 1 fully saturated rings. The fraction of sp³-hybridized carbons (Fsp3) is 0.217. The number of carboxylic acids is 1. The first-order valence-electron chi connectivity index (χ1n) is 9.77. The van der Waals surface area contributed by atoms with Gasteiger partial charge in [0.25, 0.3) is 0 Å². The van der Waals surface area contributed by atoms with Gasteiger partial charge in [-0.25, -0.2) is 19.6 Å². The molecular weight excluding hydrogens is 382 g/mol. The van der Waals surface area contributed by atoms with E-state index in [-0.39, 0.29) is 30.1 Å². The smallest absolute Gasteiger partial charge is 0.409 e. The molecule has 0 radical (unpaired) electrons. The molecule has 3 aromatic rings. The Balaban J connectivity index is 1.21. The van der Waals surface area contributed by atoms with E-state index in [4.69, 9.17) is 9.84 Å². The second-order valence-corrected chi connectivity index (χ2v) is 7.54. The van der Waals surface area contributed by atoms with Gasteiger partial charge in [0.05, 0.1) is 11.5 Å². The number of hydrogen-bond acceptors (Lipinski definition) is 5. The van der Waals surface area contributed by atoms with Gasteiger partial charge in [-0.3, -0.25) is 0 Å². The molecule has 0 saturated carbocycles. The fourth-order valence-electron chi connectivity index (χ4n) is 4.14. The van der Waals surface area contributed by atoms with E-state index in [9.17, 15) is 9.59 Å².